The normalized spacial score (nSPS) is 20.0. The van der Waals surface area contributed by atoms with Crippen LogP contribution >= 0.6 is 11.3 Å². The summed E-state index contributed by atoms with van der Waals surface area (Å²) >= 11 is 1.49. The highest BCUT2D eigenvalue weighted by atomic mass is 32.1. The number of thiazole rings is 1. The molecule has 2 unspecified atom stereocenters. The van der Waals surface area contributed by atoms with Crippen LogP contribution in [0.15, 0.2) is 66.3 Å². The maximum Gasteiger partial charge on any atom is 0.134 e. The Kier molecular flexibility index (Phi) is 4.84. The van der Waals surface area contributed by atoms with Gasteiger partial charge in [0.25, 0.3) is 0 Å². The van der Waals surface area contributed by atoms with Crippen LogP contribution in [0.25, 0.3) is 16.8 Å². The Bertz CT molecular complexity index is 943. The highest BCUT2D eigenvalue weighted by Crippen LogP contribution is 2.31. The van der Waals surface area contributed by atoms with E-state index in [1.807, 2.05) is 41.8 Å². The molecule has 1 aliphatic rings. The van der Waals surface area contributed by atoms with Gasteiger partial charge in [-0.2, -0.15) is 5.26 Å². The average molecular weight is 359 g/mol. The van der Waals surface area contributed by atoms with Crippen molar-refractivity contribution in [2.75, 3.05) is 6.54 Å². The van der Waals surface area contributed by atoms with E-state index in [1.165, 1.54) is 16.9 Å². The van der Waals surface area contributed by atoms with Crippen molar-refractivity contribution >= 4 is 16.9 Å². The van der Waals surface area contributed by atoms with Crippen molar-refractivity contribution in [1.82, 2.24) is 20.8 Å². The molecule has 5 nitrogen and oxygen atoms in total. The van der Waals surface area contributed by atoms with Crippen molar-refractivity contribution in [3.8, 4) is 17.3 Å². The quantitative estimate of drug-likeness (QED) is 0.697. The minimum absolute atomic E-state index is 0.138. The largest absolute Gasteiger partial charge is 0.265 e. The van der Waals surface area contributed by atoms with E-state index in [-0.39, 0.29) is 12.0 Å². The molecular formula is C20H17N5S. The maximum absolute atomic E-state index is 9.67. The van der Waals surface area contributed by atoms with Crippen LogP contribution in [-0.4, -0.2) is 16.5 Å². The first-order valence-corrected chi connectivity index (χ1v) is 9.24. The lowest BCUT2D eigenvalue weighted by atomic mass is 9.93. The van der Waals surface area contributed by atoms with E-state index in [0.29, 0.717) is 5.57 Å². The van der Waals surface area contributed by atoms with Gasteiger partial charge in [0, 0.05) is 35.8 Å². The molecule has 2 atom stereocenters. The molecule has 0 saturated carbocycles. The van der Waals surface area contributed by atoms with E-state index < -0.39 is 0 Å². The molecule has 4 rings (SSSR count). The summed E-state index contributed by atoms with van der Waals surface area (Å²) in [4.78, 5) is 8.68. The van der Waals surface area contributed by atoms with Gasteiger partial charge in [-0.3, -0.25) is 10.4 Å². The molecule has 1 aromatic carbocycles. The number of nitrogens with zero attached hydrogens (tertiary/aromatic N) is 3. The second kappa shape index (κ2) is 7.58. The lowest BCUT2D eigenvalue weighted by molar-refractivity contribution is 0.540. The zero-order valence-electron chi connectivity index (χ0n) is 14.0. The van der Waals surface area contributed by atoms with Crippen LogP contribution in [0.3, 0.4) is 0 Å². The van der Waals surface area contributed by atoms with Gasteiger partial charge in [-0.1, -0.05) is 36.4 Å². The first-order valence-electron chi connectivity index (χ1n) is 8.36. The Morgan fingerprint density at radius 1 is 1.19 bits per heavy atom. The predicted octanol–water partition coefficient (Wildman–Crippen LogP) is 3.58. The van der Waals surface area contributed by atoms with Crippen LogP contribution in [0.2, 0.25) is 0 Å². The number of benzene rings is 1. The molecule has 3 aromatic rings. The molecule has 6 heteroatoms. The third-order valence-corrected chi connectivity index (χ3v) is 5.27. The molecule has 2 aromatic heterocycles. The van der Waals surface area contributed by atoms with Crippen molar-refractivity contribution < 1.29 is 0 Å². The van der Waals surface area contributed by atoms with Crippen molar-refractivity contribution in [2.24, 2.45) is 5.92 Å². The van der Waals surface area contributed by atoms with Gasteiger partial charge in [-0.15, -0.1) is 11.3 Å². The van der Waals surface area contributed by atoms with Gasteiger partial charge >= 0.3 is 0 Å². The van der Waals surface area contributed by atoms with Gasteiger partial charge in [0.15, 0.2) is 0 Å². The van der Waals surface area contributed by atoms with Gasteiger partial charge in [-0.05, 0) is 17.7 Å². The van der Waals surface area contributed by atoms with Crippen molar-refractivity contribution in [3.63, 3.8) is 0 Å². The molecule has 1 aliphatic heterocycles. The molecule has 3 heterocycles. The van der Waals surface area contributed by atoms with Crippen LogP contribution in [0.1, 0.15) is 16.6 Å². The molecule has 0 bridgehead atoms. The van der Waals surface area contributed by atoms with Crippen molar-refractivity contribution in [3.05, 3.63) is 76.9 Å². The van der Waals surface area contributed by atoms with Crippen LogP contribution in [0.5, 0.6) is 0 Å². The summed E-state index contributed by atoms with van der Waals surface area (Å²) < 4.78 is 0. The number of hydrogen-bond acceptors (Lipinski definition) is 6. The zero-order valence-corrected chi connectivity index (χ0v) is 14.8. The fraction of sp³-hybridized carbons (Fsp3) is 0.150. The molecule has 1 saturated heterocycles. The van der Waals surface area contributed by atoms with Crippen LogP contribution in [-0.2, 0) is 0 Å². The van der Waals surface area contributed by atoms with Crippen LogP contribution in [0.4, 0.5) is 0 Å². The highest BCUT2D eigenvalue weighted by molar-refractivity contribution is 7.11. The Morgan fingerprint density at radius 3 is 2.77 bits per heavy atom. The fourth-order valence-electron chi connectivity index (χ4n) is 3.08. The Labute approximate surface area is 156 Å². The van der Waals surface area contributed by atoms with Crippen LogP contribution < -0.4 is 10.9 Å². The summed E-state index contributed by atoms with van der Waals surface area (Å²) in [5.74, 6) is 0.181. The van der Waals surface area contributed by atoms with Gasteiger partial charge in [-0.25, -0.2) is 10.4 Å². The Balaban J connectivity index is 1.61. The second-order valence-electron chi connectivity index (χ2n) is 6.04. The number of rotatable bonds is 4. The van der Waals surface area contributed by atoms with E-state index >= 15 is 0 Å². The summed E-state index contributed by atoms with van der Waals surface area (Å²) in [5.41, 5.74) is 10.2. The van der Waals surface area contributed by atoms with E-state index in [1.54, 1.807) is 12.4 Å². The number of nitriles is 1. The standard InChI is InChI=1S/C20H17N5S/c21-11-16(20-24-18(13-26-20)14-6-8-22-9-7-14)10-17-12-23-25-19(17)15-4-2-1-3-5-15/h1-10,13,17,19,23,25H,12H2/b16-10+. The summed E-state index contributed by atoms with van der Waals surface area (Å²) in [5, 5.41) is 12.4. The minimum Gasteiger partial charge on any atom is -0.265 e. The number of nitrogens with one attached hydrogen (secondary N) is 2. The van der Waals surface area contributed by atoms with E-state index in [2.05, 4.69) is 39.0 Å². The van der Waals surface area contributed by atoms with Gasteiger partial charge in [0.05, 0.1) is 17.3 Å². The number of hydrazine groups is 1. The number of aromatic nitrogens is 2. The fourth-order valence-corrected chi connectivity index (χ4v) is 3.88. The lowest BCUT2D eigenvalue weighted by Crippen LogP contribution is -2.24. The SMILES string of the molecule is N#C/C(=C\C1CNNC1c1ccccc1)c1nc(-c2ccncc2)cs1. The smallest absolute Gasteiger partial charge is 0.134 e. The monoisotopic (exact) mass is 359 g/mol. The number of pyridine rings is 1. The third kappa shape index (κ3) is 3.41. The first kappa shape index (κ1) is 16.6. The topological polar surface area (TPSA) is 73.6 Å². The maximum atomic E-state index is 9.67. The Hall–Kier alpha value is -2.85. The molecule has 0 amide bonds. The van der Waals surface area contributed by atoms with Gasteiger partial charge < -0.3 is 0 Å². The summed E-state index contributed by atoms with van der Waals surface area (Å²) in [6.45, 7) is 0.771. The van der Waals surface area contributed by atoms with Crippen LogP contribution in [0, 0.1) is 17.2 Å². The average Bonchev–Trinajstić information content (AvgIpc) is 3.37. The summed E-state index contributed by atoms with van der Waals surface area (Å²) in [6, 6.07) is 16.6. The molecule has 26 heavy (non-hydrogen) atoms. The van der Waals surface area contributed by atoms with Crippen molar-refractivity contribution in [2.45, 2.75) is 6.04 Å². The highest BCUT2D eigenvalue weighted by Gasteiger charge is 2.27. The van der Waals surface area contributed by atoms with E-state index in [4.69, 9.17) is 0 Å². The predicted molar refractivity (Wildman–Crippen MR) is 103 cm³/mol. The summed E-state index contributed by atoms with van der Waals surface area (Å²) in [6.07, 6.45) is 5.52. The van der Waals surface area contributed by atoms with Gasteiger partial charge in [0.2, 0.25) is 0 Å². The molecule has 0 spiro atoms. The molecule has 2 N–H and O–H groups in total. The molecule has 0 aliphatic carbocycles. The minimum atomic E-state index is 0.138. The first-order chi connectivity index (χ1) is 12.8. The lowest BCUT2D eigenvalue weighted by Gasteiger charge is -2.15. The molecule has 1 fully saturated rings. The number of allylic oxidation sites excluding steroid dienone is 1. The van der Waals surface area contributed by atoms with Gasteiger partial charge in [0.1, 0.15) is 11.1 Å². The Morgan fingerprint density at radius 2 is 2.00 bits per heavy atom. The van der Waals surface area contributed by atoms with E-state index in [9.17, 15) is 5.26 Å². The second-order valence-corrected chi connectivity index (χ2v) is 6.90. The number of hydrogen-bond donors (Lipinski definition) is 2. The zero-order chi connectivity index (χ0) is 17.8. The molecular weight excluding hydrogens is 342 g/mol. The van der Waals surface area contributed by atoms with E-state index in [0.717, 1.165) is 22.8 Å². The summed E-state index contributed by atoms with van der Waals surface area (Å²) in [7, 11) is 0. The molecule has 128 valence electrons. The van der Waals surface area contributed by atoms with Crippen molar-refractivity contribution in [1.29, 1.82) is 5.26 Å². The molecule has 0 radical (unpaired) electrons. The third-order valence-electron chi connectivity index (χ3n) is 4.39.